The fraction of sp³-hybridized carbons (Fsp3) is 0.611. The summed E-state index contributed by atoms with van der Waals surface area (Å²) in [6, 6.07) is 7.66. The zero-order valence-electron chi connectivity index (χ0n) is 12.5. The van der Waals surface area contributed by atoms with E-state index >= 15 is 0 Å². The van der Waals surface area contributed by atoms with Crippen LogP contribution in [0.2, 0.25) is 0 Å². The van der Waals surface area contributed by atoms with E-state index in [1.807, 2.05) is 0 Å². The van der Waals surface area contributed by atoms with E-state index in [0.717, 1.165) is 0 Å². The van der Waals surface area contributed by atoms with Crippen molar-refractivity contribution >= 4 is 5.97 Å². The van der Waals surface area contributed by atoms with Crippen LogP contribution in [0.5, 0.6) is 0 Å². The molecule has 1 aromatic rings. The van der Waals surface area contributed by atoms with Crippen LogP contribution < -0.4 is 0 Å². The summed E-state index contributed by atoms with van der Waals surface area (Å²) in [5.74, 6) is -0.833. The molecule has 0 atom stereocenters. The Labute approximate surface area is 122 Å². The minimum atomic E-state index is -0.833. The number of carboxylic acids is 1. The molecular weight excluding hydrogens is 248 g/mol. The topological polar surface area (TPSA) is 37.3 Å². The van der Waals surface area contributed by atoms with Gasteiger partial charge in [-0.3, -0.25) is 0 Å². The van der Waals surface area contributed by atoms with Crippen molar-refractivity contribution < 1.29 is 9.90 Å². The molecule has 0 bridgehead atoms. The van der Waals surface area contributed by atoms with Gasteiger partial charge in [0.05, 0.1) is 5.56 Å². The molecule has 0 saturated heterocycles. The van der Waals surface area contributed by atoms with E-state index in [-0.39, 0.29) is 0 Å². The van der Waals surface area contributed by atoms with E-state index in [0.29, 0.717) is 11.0 Å². The van der Waals surface area contributed by atoms with Crippen LogP contribution in [0.3, 0.4) is 0 Å². The summed E-state index contributed by atoms with van der Waals surface area (Å²) in [6.45, 7) is 2.25. The SMILES string of the molecule is CCCCCC1(c2ccc(C(=O)O)cc2)CCCCC1. The predicted octanol–water partition coefficient (Wildman–Crippen LogP) is 5.17. The predicted molar refractivity (Wildman–Crippen MR) is 82.3 cm³/mol. The third kappa shape index (κ3) is 3.41. The normalized spacial score (nSPS) is 17.9. The maximum absolute atomic E-state index is 11.0. The highest BCUT2D eigenvalue weighted by Gasteiger charge is 2.33. The smallest absolute Gasteiger partial charge is 0.335 e. The molecule has 2 rings (SSSR count). The largest absolute Gasteiger partial charge is 0.478 e. The molecule has 1 aromatic carbocycles. The molecule has 0 spiro atoms. The Kier molecular flexibility index (Phi) is 5.22. The number of carbonyl (C=O) groups is 1. The monoisotopic (exact) mass is 274 g/mol. The lowest BCUT2D eigenvalue weighted by molar-refractivity contribution is 0.0697. The third-order valence-corrected chi connectivity index (χ3v) is 4.81. The molecule has 1 fully saturated rings. The van der Waals surface area contributed by atoms with Gasteiger partial charge in [0.25, 0.3) is 0 Å². The molecule has 0 amide bonds. The van der Waals surface area contributed by atoms with Gasteiger partial charge in [-0.25, -0.2) is 4.79 Å². The summed E-state index contributed by atoms with van der Waals surface area (Å²) < 4.78 is 0. The molecule has 1 N–H and O–H groups in total. The van der Waals surface area contributed by atoms with E-state index in [4.69, 9.17) is 5.11 Å². The Bertz CT molecular complexity index is 427. The van der Waals surface area contributed by atoms with Gasteiger partial charge in [0, 0.05) is 0 Å². The van der Waals surface area contributed by atoms with E-state index in [1.165, 1.54) is 63.4 Å². The second kappa shape index (κ2) is 6.92. The number of hydrogen-bond acceptors (Lipinski definition) is 1. The Balaban J connectivity index is 2.18. The van der Waals surface area contributed by atoms with Gasteiger partial charge in [0.1, 0.15) is 0 Å². The molecule has 0 unspecified atom stereocenters. The molecule has 1 aliphatic rings. The Morgan fingerprint density at radius 2 is 1.75 bits per heavy atom. The molecule has 0 aliphatic heterocycles. The fourth-order valence-corrected chi connectivity index (χ4v) is 3.59. The number of benzene rings is 1. The van der Waals surface area contributed by atoms with Gasteiger partial charge < -0.3 is 5.11 Å². The summed E-state index contributed by atoms with van der Waals surface area (Å²) in [6.07, 6.45) is 11.6. The van der Waals surface area contributed by atoms with Gasteiger partial charge in [-0.15, -0.1) is 0 Å². The highest BCUT2D eigenvalue weighted by Crippen LogP contribution is 2.43. The third-order valence-electron chi connectivity index (χ3n) is 4.81. The Hall–Kier alpha value is -1.31. The first-order chi connectivity index (χ1) is 9.68. The van der Waals surface area contributed by atoms with Crippen LogP contribution in [-0.2, 0) is 5.41 Å². The van der Waals surface area contributed by atoms with Gasteiger partial charge in [0.15, 0.2) is 0 Å². The summed E-state index contributed by atoms with van der Waals surface area (Å²) in [4.78, 5) is 11.0. The zero-order chi connectivity index (χ0) is 14.4. The molecule has 20 heavy (non-hydrogen) atoms. The lowest BCUT2D eigenvalue weighted by atomic mass is 9.66. The van der Waals surface area contributed by atoms with Crippen LogP contribution in [0.1, 0.15) is 80.6 Å². The summed E-state index contributed by atoms with van der Waals surface area (Å²) in [7, 11) is 0. The molecule has 110 valence electrons. The van der Waals surface area contributed by atoms with Crippen LogP contribution >= 0.6 is 0 Å². The second-order valence-corrected chi connectivity index (χ2v) is 6.18. The van der Waals surface area contributed by atoms with Gasteiger partial charge >= 0.3 is 5.97 Å². The van der Waals surface area contributed by atoms with Crippen molar-refractivity contribution in [3.05, 3.63) is 35.4 Å². The average molecular weight is 274 g/mol. The van der Waals surface area contributed by atoms with Crippen molar-refractivity contribution in [1.29, 1.82) is 0 Å². The first kappa shape index (κ1) is 15.1. The van der Waals surface area contributed by atoms with Crippen LogP contribution in [0.15, 0.2) is 24.3 Å². The summed E-state index contributed by atoms with van der Waals surface area (Å²) in [5.41, 5.74) is 2.07. The minimum absolute atomic E-state index is 0.310. The van der Waals surface area contributed by atoms with Crippen molar-refractivity contribution in [2.24, 2.45) is 0 Å². The van der Waals surface area contributed by atoms with E-state index in [1.54, 1.807) is 12.1 Å². The van der Waals surface area contributed by atoms with E-state index in [9.17, 15) is 4.79 Å². The van der Waals surface area contributed by atoms with E-state index < -0.39 is 5.97 Å². The first-order valence-corrected chi connectivity index (χ1v) is 8.02. The van der Waals surface area contributed by atoms with Gasteiger partial charge in [-0.2, -0.15) is 0 Å². The molecule has 1 saturated carbocycles. The van der Waals surface area contributed by atoms with Crippen molar-refractivity contribution in [3.8, 4) is 0 Å². The minimum Gasteiger partial charge on any atom is -0.478 e. The molecular formula is C18H26O2. The average Bonchev–Trinajstić information content (AvgIpc) is 2.48. The number of hydrogen-bond donors (Lipinski definition) is 1. The number of carboxylic acid groups (broad SMARTS) is 1. The van der Waals surface area contributed by atoms with Crippen LogP contribution in [0.25, 0.3) is 0 Å². The summed E-state index contributed by atoms with van der Waals surface area (Å²) >= 11 is 0. The maximum atomic E-state index is 11.0. The zero-order valence-corrected chi connectivity index (χ0v) is 12.5. The molecule has 1 aliphatic carbocycles. The molecule has 2 nitrogen and oxygen atoms in total. The van der Waals surface area contributed by atoms with Gasteiger partial charge in [0.2, 0.25) is 0 Å². The highest BCUT2D eigenvalue weighted by atomic mass is 16.4. The number of unbranched alkanes of at least 4 members (excludes halogenated alkanes) is 2. The molecule has 2 heteroatoms. The number of aromatic carboxylic acids is 1. The maximum Gasteiger partial charge on any atom is 0.335 e. The first-order valence-electron chi connectivity index (χ1n) is 8.02. The fourth-order valence-electron chi connectivity index (χ4n) is 3.59. The van der Waals surface area contributed by atoms with Gasteiger partial charge in [-0.05, 0) is 42.4 Å². The van der Waals surface area contributed by atoms with Crippen LogP contribution in [0, 0.1) is 0 Å². The van der Waals surface area contributed by atoms with Crippen molar-refractivity contribution in [1.82, 2.24) is 0 Å². The van der Waals surface area contributed by atoms with Crippen molar-refractivity contribution in [2.75, 3.05) is 0 Å². The molecule has 0 aromatic heterocycles. The lowest BCUT2D eigenvalue weighted by Crippen LogP contribution is -2.29. The summed E-state index contributed by atoms with van der Waals surface area (Å²) in [5, 5.41) is 9.02. The standard InChI is InChI=1S/C18H26O2/c1-2-3-5-12-18(13-6-4-7-14-18)16-10-8-15(9-11-16)17(19)20/h8-11H,2-7,12-14H2,1H3,(H,19,20). The highest BCUT2D eigenvalue weighted by molar-refractivity contribution is 5.87. The number of rotatable bonds is 6. The Morgan fingerprint density at radius 1 is 1.10 bits per heavy atom. The van der Waals surface area contributed by atoms with Crippen molar-refractivity contribution in [3.63, 3.8) is 0 Å². The quantitative estimate of drug-likeness (QED) is 0.727. The second-order valence-electron chi connectivity index (χ2n) is 6.18. The molecule has 0 heterocycles. The van der Waals surface area contributed by atoms with Crippen LogP contribution in [-0.4, -0.2) is 11.1 Å². The van der Waals surface area contributed by atoms with Crippen molar-refractivity contribution in [2.45, 2.75) is 70.1 Å². The Morgan fingerprint density at radius 3 is 2.30 bits per heavy atom. The van der Waals surface area contributed by atoms with Crippen LogP contribution in [0.4, 0.5) is 0 Å². The molecule has 0 radical (unpaired) electrons. The van der Waals surface area contributed by atoms with E-state index in [2.05, 4.69) is 19.1 Å². The van der Waals surface area contributed by atoms with Gasteiger partial charge in [-0.1, -0.05) is 57.6 Å². The lowest BCUT2D eigenvalue weighted by Gasteiger charge is -2.38.